The topological polar surface area (TPSA) is 80.7 Å². The molecule has 0 saturated heterocycles. The van der Waals surface area contributed by atoms with E-state index in [0.29, 0.717) is 0 Å². The number of esters is 1. The number of hydrogen-bond donors (Lipinski definition) is 1. The second kappa shape index (κ2) is 6.27. The van der Waals surface area contributed by atoms with Crippen molar-refractivity contribution in [2.24, 2.45) is 5.92 Å². The van der Waals surface area contributed by atoms with Crippen LogP contribution in [0, 0.1) is 5.92 Å². The van der Waals surface area contributed by atoms with Crippen LogP contribution < -0.4 is 0 Å². The first-order valence-electron chi connectivity index (χ1n) is 3.64. The van der Waals surface area contributed by atoms with Gasteiger partial charge in [0, 0.05) is 0 Å². The Morgan fingerprint density at radius 3 is 2.13 bits per heavy atom. The van der Waals surface area contributed by atoms with Gasteiger partial charge in [-0.15, -0.1) is 0 Å². The Labute approximate surface area is 100 Å². The van der Waals surface area contributed by atoms with E-state index in [9.17, 15) is 14.4 Å². The molecule has 0 aliphatic rings. The monoisotopic (exact) mass is 276 g/mol. The van der Waals surface area contributed by atoms with Gasteiger partial charge in [0.2, 0.25) is 3.79 Å². The van der Waals surface area contributed by atoms with Crippen molar-refractivity contribution in [1.29, 1.82) is 0 Å². The van der Waals surface area contributed by atoms with Crippen LogP contribution in [-0.4, -0.2) is 40.2 Å². The number of carbonyl (C=O) groups is 3. The normalized spacial score (nSPS) is 13.4. The van der Waals surface area contributed by atoms with Gasteiger partial charge in [-0.25, -0.2) is 4.79 Å². The molecule has 0 aliphatic carbocycles. The molecule has 1 atom stereocenters. The number of alkyl halides is 3. The molecule has 0 spiro atoms. The van der Waals surface area contributed by atoms with E-state index in [-0.39, 0.29) is 12.6 Å². The highest BCUT2D eigenvalue weighted by Crippen LogP contribution is 2.26. The van der Waals surface area contributed by atoms with Crippen molar-refractivity contribution in [2.45, 2.75) is 9.90 Å². The lowest BCUT2D eigenvalue weighted by Crippen LogP contribution is -2.34. The first-order valence-corrected chi connectivity index (χ1v) is 4.77. The zero-order chi connectivity index (χ0) is 12.1. The van der Waals surface area contributed by atoms with Crippen molar-refractivity contribution in [3.63, 3.8) is 0 Å². The first-order chi connectivity index (χ1) is 6.81. The zero-order valence-electron chi connectivity index (χ0n) is 7.23. The number of aliphatic hydroxyl groups is 1. The van der Waals surface area contributed by atoms with Gasteiger partial charge in [-0.3, -0.25) is 0 Å². The molecule has 0 aliphatic heterocycles. The average Bonchev–Trinajstić information content (AvgIpc) is 2.14. The summed E-state index contributed by atoms with van der Waals surface area (Å²) in [6, 6.07) is 0. The van der Waals surface area contributed by atoms with Crippen molar-refractivity contribution < 1.29 is 24.2 Å². The lowest BCUT2D eigenvalue weighted by atomic mass is 10.1. The molecule has 0 fully saturated rings. The largest absolute Gasteiger partial charge is 0.459 e. The molecule has 15 heavy (non-hydrogen) atoms. The van der Waals surface area contributed by atoms with Crippen molar-refractivity contribution in [2.75, 3.05) is 6.61 Å². The third kappa shape index (κ3) is 5.94. The minimum atomic E-state index is -1.88. The van der Waals surface area contributed by atoms with E-state index in [1.807, 2.05) is 0 Å². The summed E-state index contributed by atoms with van der Waals surface area (Å²) in [6.07, 6.45) is -1.64. The van der Waals surface area contributed by atoms with E-state index in [2.05, 4.69) is 4.74 Å². The Morgan fingerprint density at radius 2 is 1.80 bits per heavy atom. The van der Waals surface area contributed by atoms with Crippen LogP contribution in [0.3, 0.4) is 0 Å². The second-order valence-electron chi connectivity index (χ2n) is 2.52. The highest BCUT2D eigenvalue weighted by atomic mass is 35.6. The molecule has 5 nitrogen and oxygen atoms in total. The average molecular weight is 277 g/mol. The number of hydrogen-bond acceptors (Lipinski definition) is 5. The molecule has 0 rings (SSSR count). The summed E-state index contributed by atoms with van der Waals surface area (Å²) < 4.78 is 2.54. The Kier molecular flexibility index (Phi) is 6.12. The van der Waals surface area contributed by atoms with E-state index in [1.165, 1.54) is 0 Å². The first kappa shape index (κ1) is 14.6. The third-order valence-electron chi connectivity index (χ3n) is 1.30. The molecule has 0 saturated carbocycles. The Bertz CT molecular complexity index is 242. The number of aliphatic hydroxyl groups excluding tert-OH is 1. The quantitative estimate of drug-likeness (QED) is 0.338. The maximum Gasteiger partial charge on any atom is 0.336 e. The van der Waals surface area contributed by atoms with Crippen molar-refractivity contribution in [3.8, 4) is 0 Å². The lowest BCUT2D eigenvalue weighted by Gasteiger charge is -2.15. The SMILES string of the molecule is O=CC(C=O)C(O)C(=O)OCC(Cl)(Cl)Cl. The summed E-state index contributed by atoms with van der Waals surface area (Å²) in [5.41, 5.74) is 0. The van der Waals surface area contributed by atoms with Crippen LogP contribution in [0.2, 0.25) is 0 Å². The van der Waals surface area contributed by atoms with E-state index in [1.54, 1.807) is 0 Å². The van der Waals surface area contributed by atoms with Crippen molar-refractivity contribution >= 4 is 53.3 Å². The molecule has 0 aromatic heterocycles. The predicted octanol–water partition coefficient (Wildman–Crippen LogP) is 0.275. The summed E-state index contributed by atoms with van der Waals surface area (Å²) in [7, 11) is 0. The van der Waals surface area contributed by atoms with Gasteiger partial charge in [0.05, 0.1) is 0 Å². The van der Waals surface area contributed by atoms with Crippen molar-refractivity contribution in [3.05, 3.63) is 0 Å². The molecule has 1 unspecified atom stereocenters. The fraction of sp³-hybridized carbons (Fsp3) is 0.571. The predicted molar refractivity (Wildman–Crippen MR) is 52.9 cm³/mol. The van der Waals surface area contributed by atoms with Crippen LogP contribution in [-0.2, 0) is 19.1 Å². The molecule has 0 radical (unpaired) electrons. The minimum absolute atomic E-state index is 0.119. The van der Waals surface area contributed by atoms with Gasteiger partial charge in [0.25, 0.3) is 0 Å². The van der Waals surface area contributed by atoms with Crippen LogP contribution in [0.4, 0.5) is 0 Å². The molecule has 0 heterocycles. The zero-order valence-corrected chi connectivity index (χ0v) is 9.50. The lowest BCUT2D eigenvalue weighted by molar-refractivity contribution is -0.158. The van der Waals surface area contributed by atoms with Gasteiger partial charge in [0.1, 0.15) is 25.1 Å². The van der Waals surface area contributed by atoms with Crippen LogP contribution in [0.5, 0.6) is 0 Å². The standard InChI is InChI=1S/C7H7Cl3O5/c8-7(9,10)3-15-6(14)5(13)4(1-11)2-12/h1-2,4-5,13H,3H2. The number of aldehydes is 2. The summed E-state index contributed by atoms with van der Waals surface area (Å²) in [5, 5.41) is 9.11. The molecule has 0 aromatic carbocycles. The van der Waals surface area contributed by atoms with Gasteiger partial charge in [0.15, 0.2) is 6.10 Å². The summed E-state index contributed by atoms with van der Waals surface area (Å²) in [6.45, 7) is -0.585. The fourth-order valence-electron chi connectivity index (χ4n) is 0.576. The maximum absolute atomic E-state index is 11.0. The number of halogens is 3. The van der Waals surface area contributed by atoms with Gasteiger partial charge in [-0.1, -0.05) is 34.8 Å². The molecule has 1 N–H and O–H groups in total. The molecule has 8 heteroatoms. The van der Waals surface area contributed by atoms with Crippen LogP contribution in [0.1, 0.15) is 0 Å². The molecular weight excluding hydrogens is 270 g/mol. The fourth-order valence-corrected chi connectivity index (χ4v) is 0.740. The number of rotatable bonds is 5. The number of carbonyl (C=O) groups excluding carboxylic acids is 3. The third-order valence-corrected chi connectivity index (χ3v) is 1.63. The van der Waals surface area contributed by atoms with Crippen molar-refractivity contribution in [1.82, 2.24) is 0 Å². The van der Waals surface area contributed by atoms with Gasteiger partial charge in [-0.05, 0) is 0 Å². The van der Waals surface area contributed by atoms with E-state index >= 15 is 0 Å². The van der Waals surface area contributed by atoms with Gasteiger partial charge in [-0.2, -0.15) is 0 Å². The maximum atomic E-state index is 11.0. The van der Waals surface area contributed by atoms with Crippen LogP contribution in [0.25, 0.3) is 0 Å². The van der Waals surface area contributed by atoms with Gasteiger partial charge < -0.3 is 19.4 Å². The highest BCUT2D eigenvalue weighted by molar-refractivity contribution is 6.67. The number of ether oxygens (including phenoxy) is 1. The molecular formula is C7H7Cl3O5. The summed E-state index contributed by atoms with van der Waals surface area (Å²) in [4.78, 5) is 31.4. The van der Waals surface area contributed by atoms with Gasteiger partial charge >= 0.3 is 5.97 Å². The smallest absolute Gasteiger partial charge is 0.336 e. The molecule has 0 amide bonds. The Hall–Kier alpha value is -0.360. The molecule has 0 aromatic rings. The van der Waals surface area contributed by atoms with E-state index in [0.717, 1.165) is 0 Å². The second-order valence-corrected chi connectivity index (χ2v) is 5.03. The van der Waals surface area contributed by atoms with E-state index < -0.39 is 28.4 Å². The van der Waals surface area contributed by atoms with E-state index in [4.69, 9.17) is 39.9 Å². The summed E-state index contributed by atoms with van der Waals surface area (Å²) in [5.74, 6) is -2.68. The van der Waals surface area contributed by atoms with Crippen LogP contribution in [0.15, 0.2) is 0 Å². The molecule has 86 valence electrons. The summed E-state index contributed by atoms with van der Waals surface area (Å²) >= 11 is 15.8. The Morgan fingerprint density at radius 1 is 1.33 bits per heavy atom. The van der Waals surface area contributed by atoms with Crippen LogP contribution >= 0.6 is 34.8 Å². The Balaban J connectivity index is 4.21. The minimum Gasteiger partial charge on any atom is -0.459 e. The molecule has 0 bridgehead atoms. The highest BCUT2D eigenvalue weighted by Gasteiger charge is 2.29.